The zero-order chi connectivity index (χ0) is 15.4. The molecule has 1 aliphatic heterocycles. The van der Waals surface area contributed by atoms with Crippen molar-refractivity contribution in [2.24, 2.45) is 5.41 Å². The lowest BCUT2D eigenvalue weighted by Crippen LogP contribution is -2.56. The molecule has 116 valence electrons. The van der Waals surface area contributed by atoms with Crippen LogP contribution >= 0.6 is 0 Å². The maximum Gasteiger partial charge on any atom is 0.141 e. The van der Waals surface area contributed by atoms with E-state index < -0.39 is 0 Å². The van der Waals surface area contributed by atoms with Gasteiger partial charge in [0.1, 0.15) is 11.6 Å². The molecule has 0 amide bonds. The van der Waals surface area contributed by atoms with Crippen LogP contribution < -0.4 is 5.32 Å². The molecule has 5 rings (SSSR count). The van der Waals surface area contributed by atoms with Gasteiger partial charge in [-0.05, 0) is 48.4 Å². The second-order valence-electron chi connectivity index (χ2n) is 6.77. The molecule has 1 spiro atoms. The Labute approximate surface area is 133 Å². The van der Waals surface area contributed by atoms with E-state index in [9.17, 15) is 4.39 Å². The van der Waals surface area contributed by atoms with Crippen molar-refractivity contribution in [3.8, 4) is 5.82 Å². The highest BCUT2D eigenvalue weighted by Gasteiger charge is 2.41. The average molecular weight is 308 g/mol. The van der Waals surface area contributed by atoms with E-state index in [0.29, 0.717) is 5.41 Å². The molecule has 3 aromatic rings. The smallest absolute Gasteiger partial charge is 0.141 e. The zero-order valence-electron chi connectivity index (χ0n) is 12.7. The number of fused-ring (bicyclic) bond motifs is 3. The monoisotopic (exact) mass is 308 g/mol. The maximum absolute atomic E-state index is 13.2. The minimum absolute atomic E-state index is 0.309. The minimum Gasteiger partial charge on any atom is -0.316 e. The van der Waals surface area contributed by atoms with Crippen LogP contribution in [-0.2, 0) is 12.8 Å². The molecule has 0 unspecified atom stereocenters. The van der Waals surface area contributed by atoms with Crippen molar-refractivity contribution in [2.45, 2.75) is 19.3 Å². The maximum atomic E-state index is 13.2. The molecule has 0 radical (unpaired) electrons. The number of rotatable bonds is 1. The number of nitrogens with zero attached hydrogens (tertiary/aromatic N) is 3. The highest BCUT2D eigenvalue weighted by molar-refractivity contribution is 5.86. The Morgan fingerprint density at radius 3 is 2.83 bits per heavy atom. The number of hydrogen-bond donors (Lipinski definition) is 1. The molecule has 4 heterocycles. The van der Waals surface area contributed by atoms with E-state index in [1.165, 1.54) is 35.3 Å². The van der Waals surface area contributed by atoms with Crippen LogP contribution in [0.5, 0.6) is 0 Å². The Morgan fingerprint density at radius 2 is 2.09 bits per heavy atom. The highest BCUT2D eigenvalue weighted by Crippen LogP contribution is 2.43. The molecule has 0 aromatic carbocycles. The normalized spacial score (nSPS) is 18.8. The summed E-state index contributed by atoms with van der Waals surface area (Å²) in [7, 11) is 0. The van der Waals surface area contributed by atoms with Gasteiger partial charge in [0, 0.05) is 30.4 Å². The summed E-state index contributed by atoms with van der Waals surface area (Å²) in [5.74, 6) is 0.463. The summed E-state index contributed by atoms with van der Waals surface area (Å²) in [4.78, 5) is 8.59. The van der Waals surface area contributed by atoms with Crippen molar-refractivity contribution >= 4 is 10.9 Å². The number of pyridine rings is 2. The van der Waals surface area contributed by atoms with Crippen LogP contribution in [0.1, 0.15) is 17.7 Å². The molecule has 1 fully saturated rings. The fourth-order valence-electron chi connectivity index (χ4n) is 4.10. The number of hydrogen-bond acceptors (Lipinski definition) is 3. The van der Waals surface area contributed by atoms with Gasteiger partial charge in [-0.3, -0.25) is 9.55 Å². The third kappa shape index (κ3) is 1.86. The Balaban J connectivity index is 1.75. The number of nitrogens with one attached hydrogen (secondary N) is 1. The zero-order valence-corrected chi connectivity index (χ0v) is 12.7. The first-order valence-electron chi connectivity index (χ1n) is 8.05. The van der Waals surface area contributed by atoms with Crippen molar-refractivity contribution in [1.82, 2.24) is 19.9 Å². The van der Waals surface area contributed by atoms with Crippen LogP contribution in [-0.4, -0.2) is 27.6 Å². The topological polar surface area (TPSA) is 42.7 Å². The Hall–Kier alpha value is -2.27. The summed E-state index contributed by atoms with van der Waals surface area (Å²) in [6, 6.07) is 5.31. The SMILES string of the molecule is Fc1ccc(-n2c3c(c4ccncc42)CC2(CC3)CNC2)nc1. The van der Waals surface area contributed by atoms with Gasteiger partial charge >= 0.3 is 0 Å². The Morgan fingerprint density at radius 1 is 1.17 bits per heavy atom. The summed E-state index contributed by atoms with van der Waals surface area (Å²) in [6.45, 7) is 2.22. The van der Waals surface area contributed by atoms with Crippen molar-refractivity contribution < 1.29 is 4.39 Å². The molecule has 4 nitrogen and oxygen atoms in total. The van der Waals surface area contributed by atoms with Gasteiger partial charge in [0.15, 0.2) is 0 Å². The third-order valence-electron chi connectivity index (χ3n) is 5.37. The molecule has 1 aliphatic carbocycles. The lowest BCUT2D eigenvalue weighted by Gasteiger charge is -2.45. The van der Waals surface area contributed by atoms with Crippen LogP contribution in [0.15, 0.2) is 36.8 Å². The summed E-state index contributed by atoms with van der Waals surface area (Å²) >= 11 is 0. The van der Waals surface area contributed by atoms with E-state index in [4.69, 9.17) is 0 Å². The highest BCUT2D eigenvalue weighted by atomic mass is 19.1. The first-order valence-corrected chi connectivity index (χ1v) is 8.05. The third-order valence-corrected chi connectivity index (χ3v) is 5.37. The predicted molar refractivity (Wildman–Crippen MR) is 86.2 cm³/mol. The van der Waals surface area contributed by atoms with Crippen molar-refractivity contribution in [3.05, 3.63) is 53.9 Å². The van der Waals surface area contributed by atoms with Gasteiger partial charge < -0.3 is 5.32 Å². The Bertz CT molecular complexity index is 893. The van der Waals surface area contributed by atoms with Crippen molar-refractivity contribution in [1.29, 1.82) is 0 Å². The molecular weight excluding hydrogens is 291 g/mol. The molecule has 1 N–H and O–H groups in total. The molecular formula is C18H17FN4. The second-order valence-corrected chi connectivity index (χ2v) is 6.77. The van der Waals surface area contributed by atoms with Crippen LogP contribution in [0.4, 0.5) is 4.39 Å². The lowest BCUT2D eigenvalue weighted by atomic mass is 9.69. The van der Waals surface area contributed by atoms with Crippen LogP contribution in [0.25, 0.3) is 16.7 Å². The summed E-state index contributed by atoms with van der Waals surface area (Å²) < 4.78 is 15.4. The van der Waals surface area contributed by atoms with Gasteiger partial charge in [0.25, 0.3) is 0 Å². The van der Waals surface area contributed by atoms with E-state index >= 15 is 0 Å². The summed E-state index contributed by atoms with van der Waals surface area (Å²) in [5, 5.41) is 4.68. The molecule has 2 aliphatic rings. The standard InChI is InChI=1S/C18H17FN4/c19-12-1-2-17(22-8-12)23-15-3-5-18(10-21-11-18)7-14(15)13-4-6-20-9-16(13)23/h1-2,4,6,8-9,21H,3,5,7,10-11H2. The predicted octanol–water partition coefficient (Wildman–Crippen LogP) is 2.64. The molecule has 0 bridgehead atoms. The molecule has 5 heteroatoms. The first kappa shape index (κ1) is 13.2. The minimum atomic E-state index is -0.309. The van der Waals surface area contributed by atoms with Crippen molar-refractivity contribution in [3.63, 3.8) is 0 Å². The van der Waals surface area contributed by atoms with E-state index in [-0.39, 0.29) is 5.82 Å². The van der Waals surface area contributed by atoms with E-state index in [0.717, 1.165) is 37.3 Å². The van der Waals surface area contributed by atoms with E-state index in [2.05, 4.69) is 25.9 Å². The quantitative estimate of drug-likeness (QED) is 0.751. The van der Waals surface area contributed by atoms with Crippen LogP contribution in [0.3, 0.4) is 0 Å². The summed E-state index contributed by atoms with van der Waals surface area (Å²) in [6.07, 6.45) is 8.35. The van der Waals surface area contributed by atoms with Gasteiger partial charge in [0.2, 0.25) is 0 Å². The molecule has 3 aromatic heterocycles. The van der Waals surface area contributed by atoms with Gasteiger partial charge in [0.05, 0.1) is 17.9 Å². The summed E-state index contributed by atoms with van der Waals surface area (Å²) in [5.41, 5.74) is 4.22. The van der Waals surface area contributed by atoms with Gasteiger partial charge in [-0.25, -0.2) is 9.37 Å². The van der Waals surface area contributed by atoms with Crippen molar-refractivity contribution in [2.75, 3.05) is 13.1 Å². The number of aromatic nitrogens is 3. The van der Waals surface area contributed by atoms with E-state index in [1.54, 1.807) is 6.07 Å². The Kier molecular flexibility index (Phi) is 2.65. The van der Waals surface area contributed by atoms with Crippen LogP contribution in [0.2, 0.25) is 0 Å². The van der Waals surface area contributed by atoms with Crippen LogP contribution in [0, 0.1) is 11.2 Å². The fourth-order valence-corrected chi connectivity index (χ4v) is 4.10. The molecule has 0 saturated carbocycles. The first-order chi connectivity index (χ1) is 11.3. The average Bonchev–Trinajstić information content (AvgIpc) is 2.88. The lowest BCUT2D eigenvalue weighted by molar-refractivity contribution is 0.143. The van der Waals surface area contributed by atoms with Gasteiger partial charge in [-0.15, -0.1) is 0 Å². The fraction of sp³-hybridized carbons (Fsp3) is 0.333. The largest absolute Gasteiger partial charge is 0.316 e. The van der Waals surface area contributed by atoms with E-state index in [1.807, 2.05) is 12.4 Å². The van der Waals surface area contributed by atoms with Gasteiger partial charge in [-0.1, -0.05) is 0 Å². The van der Waals surface area contributed by atoms with Gasteiger partial charge in [-0.2, -0.15) is 0 Å². The molecule has 23 heavy (non-hydrogen) atoms. The number of halogens is 1. The molecule has 0 atom stereocenters. The molecule has 1 saturated heterocycles. The second kappa shape index (κ2) is 4.61.